The van der Waals surface area contributed by atoms with Gasteiger partial charge in [-0.3, -0.25) is 4.79 Å². The summed E-state index contributed by atoms with van der Waals surface area (Å²) in [5, 5.41) is 4.53. The standard InChI is InChI=1S/C18H22N6OS/c25-18(24-6-3-12-1-4-19-14(12)9-24)15-10-23(7-8-26-15)17-13-2-5-20-16(13)21-11-22-17/h2,5,10-12,14,19H,1,3-4,6-9H2,(H,20,21,22)/t12-,14+/m0/s1. The summed E-state index contributed by atoms with van der Waals surface area (Å²) in [4.78, 5) is 29.8. The first-order valence-corrected chi connectivity index (χ1v) is 10.2. The predicted molar refractivity (Wildman–Crippen MR) is 103 cm³/mol. The molecule has 0 aromatic carbocycles. The van der Waals surface area contributed by atoms with Crippen LogP contribution in [0.1, 0.15) is 12.8 Å². The summed E-state index contributed by atoms with van der Waals surface area (Å²) < 4.78 is 0. The Bertz CT molecular complexity index is 864. The van der Waals surface area contributed by atoms with Crippen LogP contribution < -0.4 is 10.2 Å². The maximum absolute atomic E-state index is 13.1. The molecule has 3 aliphatic heterocycles. The zero-order valence-corrected chi connectivity index (χ0v) is 15.3. The number of anilines is 1. The Kier molecular flexibility index (Phi) is 4.09. The number of aromatic amines is 1. The number of H-pyrrole nitrogens is 1. The van der Waals surface area contributed by atoms with Gasteiger partial charge in [-0.1, -0.05) is 0 Å². The van der Waals surface area contributed by atoms with Crippen molar-refractivity contribution >= 4 is 34.5 Å². The maximum Gasteiger partial charge on any atom is 0.261 e. The molecule has 0 unspecified atom stereocenters. The average Bonchev–Trinajstić information content (AvgIpc) is 3.35. The highest BCUT2D eigenvalue weighted by Crippen LogP contribution is 2.32. The Balaban J connectivity index is 1.38. The number of nitrogens with zero attached hydrogens (tertiary/aromatic N) is 4. The fraction of sp³-hybridized carbons (Fsp3) is 0.500. The second kappa shape index (κ2) is 6.59. The molecule has 7 nitrogen and oxygen atoms in total. The van der Waals surface area contributed by atoms with Gasteiger partial charge in [0.2, 0.25) is 0 Å². The highest BCUT2D eigenvalue weighted by atomic mass is 32.2. The lowest BCUT2D eigenvalue weighted by Crippen LogP contribution is -2.49. The molecule has 8 heteroatoms. The lowest BCUT2D eigenvalue weighted by atomic mass is 9.92. The molecule has 136 valence electrons. The molecule has 5 rings (SSSR count). The maximum atomic E-state index is 13.1. The summed E-state index contributed by atoms with van der Waals surface area (Å²) in [6, 6.07) is 2.46. The molecule has 3 aliphatic rings. The molecule has 5 heterocycles. The van der Waals surface area contributed by atoms with E-state index in [0.717, 1.165) is 66.0 Å². The Labute approximate surface area is 156 Å². The van der Waals surface area contributed by atoms with E-state index in [-0.39, 0.29) is 5.91 Å². The number of carbonyl (C=O) groups excluding carboxylic acids is 1. The molecule has 0 aliphatic carbocycles. The molecule has 1 amide bonds. The van der Waals surface area contributed by atoms with E-state index in [4.69, 9.17) is 0 Å². The first-order chi connectivity index (χ1) is 12.8. The third kappa shape index (κ3) is 2.77. The average molecular weight is 370 g/mol. The summed E-state index contributed by atoms with van der Waals surface area (Å²) in [5.74, 6) is 2.64. The van der Waals surface area contributed by atoms with Gasteiger partial charge in [0.05, 0.1) is 10.3 Å². The summed E-state index contributed by atoms with van der Waals surface area (Å²) in [5.41, 5.74) is 0.823. The molecule has 2 saturated heterocycles. The SMILES string of the molecule is O=C(C1=CN(c2ncnc3[nH]ccc23)CCS1)N1CC[C@@H]2CCN[C@@H]2C1. The number of hydrogen-bond donors (Lipinski definition) is 2. The van der Waals surface area contributed by atoms with Gasteiger partial charge in [0.1, 0.15) is 17.8 Å². The third-order valence-corrected chi connectivity index (χ3v) is 6.62. The summed E-state index contributed by atoms with van der Waals surface area (Å²) in [6.45, 7) is 3.63. The number of rotatable bonds is 2. The molecule has 0 bridgehead atoms. The fourth-order valence-corrected chi connectivity index (χ4v) is 5.20. The van der Waals surface area contributed by atoms with E-state index in [2.05, 4.69) is 25.2 Å². The van der Waals surface area contributed by atoms with Crippen molar-refractivity contribution in [3.8, 4) is 0 Å². The fourth-order valence-electron chi connectivity index (χ4n) is 4.24. The zero-order chi connectivity index (χ0) is 17.5. The van der Waals surface area contributed by atoms with E-state index in [1.807, 2.05) is 23.4 Å². The number of amides is 1. The minimum absolute atomic E-state index is 0.159. The van der Waals surface area contributed by atoms with Crippen molar-refractivity contribution in [1.29, 1.82) is 0 Å². The van der Waals surface area contributed by atoms with Crippen LogP contribution in [-0.4, -0.2) is 63.7 Å². The van der Waals surface area contributed by atoms with E-state index >= 15 is 0 Å². The summed E-state index contributed by atoms with van der Waals surface area (Å²) >= 11 is 1.65. The predicted octanol–water partition coefficient (Wildman–Crippen LogP) is 1.56. The van der Waals surface area contributed by atoms with Crippen LogP contribution in [0.4, 0.5) is 5.82 Å². The first-order valence-electron chi connectivity index (χ1n) is 9.21. The van der Waals surface area contributed by atoms with Crippen LogP contribution in [0.15, 0.2) is 29.7 Å². The van der Waals surface area contributed by atoms with E-state index in [1.165, 1.54) is 6.42 Å². The van der Waals surface area contributed by atoms with Gasteiger partial charge in [-0.2, -0.15) is 0 Å². The van der Waals surface area contributed by atoms with E-state index < -0.39 is 0 Å². The molecule has 2 atom stereocenters. The number of nitrogens with one attached hydrogen (secondary N) is 2. The first kappa shape index (κ1) is 16.1. The van der Waals surface area contributed by atoms with E-state index in [9.17, 15) is 4.79 Å². The second-order valence-electron chi connectivity index (χ2n) is 7.12. The second-order valence-corrected chi connectivity index (χ2v) is 8.26. The van der Waals surface area contributed by atoms with Gasteiger partial charge in [0.25, 0.3) is 5.91 Å². The monoisotopic (exact) mass is 370 g/mol. The Hall–Kier alpha value is -2.06. The molecule has 26 heavy (non-hydrogen) atoms. The van der Waals surface area contributed by atoms with Gasteiger partial charge in [0, 0.05) is 43.8 Å². The van der Waals surface area contributed by atoms with E-state index in [1.54, 1.807) is 18.1 Å². The Morgan fingerprint density at radius 1 is 1.27 bits per heavy atom. The number of likely N-dealkylation sites (tertiary alicyclic amines) is 1. The highest BCUT2D eigenvalue weighted by Gasteiger charge is 2.35. The van der Waals surface area contributed by atoms with Crippen molar-refractivity contribution in [2.75, 3.05) is 36.8 Å². The Morgan fingerprint density at radius 3 is 3.19 bits per heavy atom. The molecule has 2 aromatic heterocycles. The minimum Gasteiger partial charge on any atom is -0.346 e. The molecule has 0 spiro atoms. The summed E-state index contributed by atoms with van der Waals surface area (Å²) in [6.07, 6.45) is 7.77. The third-order valence-electron chi connectivity index (χ3n) is 5.64. The largest absolute Gasteiger partial charge is 0.346 e. The van der Waals surface area contributed by atoms with Crippen molar-refractivity contribution in [1.82, 2.24) is 25.2 Å². The van der Waals surface area contributed by atoms with Crippen LogP contribution in [0.25, 0.3) is 11.0 Å². The minimum atomic E-state index is 0.159. The van der Waals surface area contributed by atoms with Gasteiger partial charge in [-0.25, -0.2) is 9.97 Å². The Morgan fingerprint density at radius 2 is 2.23 bits per heavy atom. The van der Waals surface area contributed by atoms with Crippen LogP contribution >= 0.6 is 11.8 Å². The number of fused-ring (bicyclic) bond motifs is 2. The van der Waals surface area contributed by atoms with Crippen molar-refractivity contribution < 1.29 is 4.79 Å². The normalized spacial score (nSPS) is 26.1. The highest BCUT2D eigenvalue weighted by molar-refractivity contribution is 8.04. The molecule has 2 aromatic rings. The van der Waals surface area contributed by atoms with Gasteiger partial charge in [-0.05, 0) is 31.4 Å². The molecule has 2 fully saturated rings. The van der Waals surface area contributed by atoms with E-state index in [0.29, 0.717) is 6.04 Å². The number of piperidine rings is 1. The quantitative estimate of drug-likeness (QED) is 0.836. The van der Waals surface area contributed by atoms with Crippen molar-refractivity contribution in [3.05, 3.63) is 29.7 Å². The molecule has 0 saturated carbocycles. The van der Waals surface area contributed by atoms with Gasteiger partial charge in [-0.15, -0.1) is 11.8 Å². The topological polar surface area (TPSA) is 77.2 Å². The van der Waals surface area contributed by atoms with Gasteiger partial charge < -0.3 is 20.1 Å². The van der Waals surface area contributed by atoms with Crippen molar-refractivity contribution in [2.45, 2.75) is 18.9 Å². The van der Waals surface area contributed by atoms with Crippen LogP contribution in [0.3, 0.4) is 0 Å². The van der Waals surface area contributed by atoms with Gasteiger partial charge >= 0.3 is 0 Å². The number of carbonyl (C=O) groups is 1. The number of hydrogen-bond acceptors (Lipinski definition) is 6. The van der Waals surface area contributed by atoms with Crippen LogP contribution in [0, 0.1) is 5.92 Å². The smallest absolute Gasteiger partial charge is 0.261 e. The van der Waals surface area contributed by atoms with Crippen LogP contribution in [0.2, 0.25) is 0 Å². The zero-order valence-electron chi connectivity index (χ0n) is 14.5. The van der Waals surface area contributed by atoms with Crippen LogP contribution in [-0.2, 0) is 4.79 Å². The van der Waals surface area contributed by atoms with Crippen molar-refractivity contribution in [3.63, 3.8) is 0 Å². The lowest BCUT2D eigenvalue weighted by Gasteiger charge is -2.36. The summed E-state index contributed by atoms with van der Waals surface area (Å²) in [7, 11) is 0. The number of thioether (sulfide) groups is 1. The molecule has 2 N–H and O–H groups in total. The van der Waals surface area contributed by atoms with Crippen LogP contribution in [0.5, 0.6) is 0 Å². The number of aromatic nitrogens is 3. The molecular weight excluding hydrogens is 348 g/mol. The van der Waals surface area contributed by atoms with Gasteiger partial charge in [0.15, 0.2) is 0 Å². The van der Waals surface area contributed by atoms with Crippen molar-refractivity contribution in [2.24, 2.45) is 5.92 Å². The lowest BCUT2D eigenvalue weighted by molar-refractivity contribution is -0.128. The molecule has 0 radical (unpaired) electrons. The molecular formula is C18H22N6OS.